The van der Waals surface area contributed by atoms with Crippen molar-refractivity contribution in [1.82, 2.24) is 0 Å². The number of carbonyl (C=O) groups is 1. The molecule has 2 nitrogen and oxygen atoms in total. The summed E-state index contributed by atoms with van der Waals surface area (Å²) >= 11 is 0. The largest absolute Gasteiger partial charge is 0.298 e. The van der Waals surface area contributed by atoms with E-state index in [1.165, 1.54) is 49.0 Å². The lowest BCUT2D eigenvalue weighted by Gasteiger charge is -2.31. The Hall–Kier alpha value is -1.96. The van der Waals surface area contributed by atoms with Gasteiger partial charge < -0.3 is 0 Å². The number of hydrogen-bond donors (Lipinski definition) is 0. The molecule has 4 rings (SSSR count). The molecular weight excluding hydrogens is 258 g/mol. The summed E-state index contributed by atoms with van der Waals surface area (Å²) < 4.78 is 0. The van der Waals surface area contributed by atoms with Gasteiger partial charge in [-0.2, -0.15) is 0 Å². The van der Waals surface area contributed by atoms with Crippen LogP contribution in [0.15, 0.2) is 47.0 Å². The maximum absolute atomic E-state index is 11.3. The van der Waals surface area contributed by atoms with Crippen LogP contribution in [0.5, 0.6) is 0 Å². The van der Waals surface area contributed by atoms with E-state index in [-0.39, 0.29) is 0 Å². The minimum Gasteiger partial charge on any atom is -0.298 e. The summed E-state index contributed by atoms with van der Waals surface area (Å²) in [6.45, 7) is 0. The number of nitrogens with zero attached hydrogens (tertiary/aromatic N) is 1. The van der Waals surface area contributed by atoms with Gasteiger partial charge in [-0.3, -0.25) is 9.79 Å². The van der Waals surface area contributed by atoms with Crippen molar-refractivity contribution in [1.29, 1.82) is 0 Å². The molecular formula is C19H19NO. The van der Waals surface area contributed by atoms with Gasteiger partial charge in [-0.1, -0.05) is 43.5 Å². The van der Waals surface area contributed by atoms with Crippen molar-refractivity contribution in [3.05, 3.63) is 47.6 Å². The molecule has 2 aliphatic carbocycles. The molecule has 3 aliphatic rings. The smallest absolute Gasteiger partial charge is 0.149 e. The molecule has 0 bridgehead atoms. The Kier molecular flexibility index (Phi) is 3.10. The second-order valence-electron chi connectivity index (χ2n) is 6.28. The summed E-state index contributed by atoms with van der Waals surface area (Å²) in [6, 6.07) is 8.26. The van der Waals surface area contributed by atoms with Crippen LogP contribution in [0.2, 0.25) is 0 Å². The van der Waals surface area contributed by atoms with E-state index >= 15 is 0 Å². The highest BCUT2D eigenvalue weighted by atomic mass is 16.1. The Morgan fingerprint density at radius 3 is 2.71 bits per heavy atom. The first-order valence-corrected chi connectivity index (χ1v) is 7.94. The standard InChI is InChI=1S/C19H19NO/c21-12-13-10-16(14-6-2-1-3-7-14)19-17(11-13)15-8-4-5-9-18(15)20-19/h4-5,8-12,14,16H,1-3,6-7H2. The minimum atomic E-state index is 0.317. The molecule has 0 amide bonds. The maximum Gasteiger partial charge on any atom is 0.149 e. The summed E-state index contributed by atoms with van der Waals surface area (Å²) in [5, 5.41) is 0. The summed E-state index contributed by atoms with van der Waals surface area (Å²) in [7, 11) is 0. The summed E-state index contributed by atoms with van der Waals surface area (Å²) in [5.41, 5.74) is 5.41. The molecule has 0 radical (unpaired) electrons. The highest BCUT2D eigenvalue weighted by Gasteiger charge is 2.34. The fourth-order valence-electron chi connectivity index (χ4n) is 3.96. The molecule has 1 aromatic carbocycles. The van der Waals surface area contributed by atoms with Crippen LogP contribution in [-0.2, 0) is 4.79 Å². The summed E-state index contributed by atoms with van der Waals surface area (Å²) in [4.78, 5) is 16.2. The molecule has 1 heterocycles. The minimum absolute atomic E-state index is 0.317. The van der Waals surface area contributed by atoms with Gasteiger partial charge in [-0.05, 0) is 30.9 Å². The Labute approximate surface area is 125 Å². The summed E-state index contributed by atoms with van der Waals surface area (Å²) in [6.07, 6.45) is 11.6. The number of carbonyl (C=O) groups excluding carboxylic acids is 1. The van der Waals surface area contributed by atoms with E-state index in [4.69, 9.17) is 4.99 Å². The van der Waals surface area contributed by atoms with Crippen LogP contribution in [0, 0.1) is 11.8 Å². The van der Waals surface area contributed by atoms with Gasteiger partial charge in [0.25, 0.3) is 0 Å². The van der Waals surface area contributed by atoms with Crippen LogP contribution in [-0.4, -0.2) is 12.0 Å². The van der Waals surface area contributed by atoms with Crippen molar-refractivity contribution < 1.29 is 4.79 Å². The van der Waals surface area contributed by atoms with Gasteiger partial charge in [0.1, 0.15) is 6.29 Å². The van der Waals surface area contributed by atoms with Crippen molar-refractivity contribution in [3.8, 4) is 0 Å². The van der Waals surface area contributed by atoms with Crippen LogP contribution < -0.4 is 0 Å². The number of hydrogen-bond acceptors (Lipinski definition) is 2. The van der Waals surface area contributed by atoms with Gasteiger partial charge in [0, 0.05) is 22.6 Å². The molecule has 1 aromatic rings. The number of fused-ring (bicyclic) bond motifs is 3. The number of aldehydes is 1. The van der Waals surface area contributed by atoms with Crippen molar-refractivity contribution in [2.45, 2.75) is 32.1 Å². The van der Waals surface area contributed by atoms with Crippen molar-refractivity contribution >= 4 is 23.3 Å². The zero-order valence-electron chi connectivity index (χ0n) is 12.1. The topological polar surface area (TPSA) is 29.4 Å². The number of rotatable bonds is 2. The van der Waals surface area contributed by atoms with E-state index in [2.05, 4.69) is 18.2 Å². The Balaban J connectivity index is 1.78. The lowest BCUT2D eigenvalue weighted by Crippen LogP contribution is -2.26. The van der Waals surface area contributed by atoms with E-state index in [1.807, 2.05) is 18.2 Å². The average Bonchev–Trinajstić information content (AvgIpc) is 2.93. The second-order valence-corrected chi connectivity index (χ2v) is 6.28. The van der Waals surface area contributed by atoms with E-state index < -0.39 is 0 Å². The first-order chi connectivity index (χ1) is 10.4. The molecule has 1 saturated carbocycles. The van der Waals surface area contributed by atoms with E-state index in [0.717, 1.165) is 17.5 Å². The van der Waals surface area contributed by atoms with Gasteiger partial charge in [0.2, 0.25) is 0 Å². The molecule has 1 atom stereocenters. The third kappa shape index (κ3) is 2.10. The molecule has 21 heavy (non-hydrogen) atoms. The van der Waals surface area contributed by atoms with Crippen LogP contribution in [0.4, 0.5) is 5.69 Å². The Morgan fingerprint density at radius 1 is 1.10 bits per heavy atom. The monoisotopic (exact) mass is 277 g/mol. The van der Waals surface area contributed by atoms with Gasteiger partial charge in [-0.15, -0.1) is 0 Å². The molecule has 0 N–H and O–H groups in total. The predicted octanol–water partition coefficient (Wildman–Crippen LogP) is 4.49. The third-order valence-electron chi connectivity index (χ3n) is 5.00. The van der Waals surface area contributed by atoms with E-state index in [1.54, 1.807) is 0 Å². The van der Waals surface area contributed by atoms with Crippen molar-refractivity contribution in [3.63, 3.8) is 0 Å². The fraction of sp³-hybridized carbons (Fsp3) is 0.368. The van der Waals surface area contributed by atoms with Crippen molar-refractivity contribution in [2.24, 2.45) is 16.8 Å². The maximum atomic E-state index is 11.3. The Bertz CT molecular complexity index is 675. The summed E-state index contributed by atoms with van der Waals surface area (Å²) in [5.74, 6) is 0.961. The first-order valence-electron chi connectivity index (χ1n) is 7.94. The van der Waals surface area contributed by atoms with E-state index in [9.17, 15) is 4.79 Å². The third-order valence-corrected chi connectivity index (χ3v) is 5.00. The predicted molar refractivity (Wildman–Crippen MR) is 85.7 cm³/mol. The Morgan fingerprint density at radius 2 is 1.90 bits per heavy atom. The fourth-order valence-corrected chi connectivity index (χ4v) is 3.96. The highest BCUT2D eigenvalue weighted by molar-refractivity contribution is 6.32. The molecule has 0 saturated heterocycles. The second kappa shape index (κ2) is 5.10. The first kappa shape index (κ1) is 12.8. The molecule has 0 spiro atoms. The van der Waals surface area contributed by atoms with Gasteiger partial charge in [-0.25, -0.2) is 0 Å². The normalized spacial score (nSPS) is 24.6. The molecule has 106 valence electrons. The van der Waals surface area contributed by atoms with Crippen molar-refractivity contribution in [2.75, 3.05) is 0 Å². The average molecular weight is 277 g/mol. The van der Waals surface area contributed by atoms with Gasteiger partial charge in [0.15, 0.2) is 0 Å². The lowest BCUT2D eigenvalue weighted by atomic mass is 9.73. The zero-order chi connectivity index (χ0) is 14.2. The van der Waals surface area contributed by atoms with Crippen LogP contribution in [0.25, 0.3) is 5.57 Å². The van der Waals surface area contributed by atoms with Crippen LogP contribution >= 0.6 is 0 Å². The zero-order valence-corrected chi connectivity index (χ0v) is 12.1. The van der Waals surface area contributed by atoms with Crippen LogP contribution in [0.1, 0.15) is 37.7 Å². The molecule has 1 fully saturated rings. The number of benzene rings is 1. The van der Waals surface area contributed by atoms with Gasteiger partial charge in [0.05, 0.1) is 11.4 Å². The molecule has 0 aromatic heterocycles. The SMILES string of the molecule is O=CC1=CC(C2CCCCC2)C2=Nc3ccccc3C2=C1. The molecule has 1 aliphatic heterocycles. The highest BCUT2D eigenvalue weighted by Crippen LogP contribution is 2.44. The quantitative estimate of drug-likeness (QED) is 0.732. The van der Waals surface area contributed by atoms with Crippen LogP contribution in [0.3, 0.4) is 0 Å². The molecule has 1 unspecified atom stereocenters. The number of allylic oxidation sites excluding steroid dienone is 4. The lowest BCUT2D eigenvalue weighted by molar-refractivity contribution is -0.104. The van der Waals surface area contributed by atoms with Gasteiger partial charge >= 0.3 is 0 Å². The number of aliphatic imine (C=N–C) groups is 1. The number of para-hydroxylation sites is 1. The van der Waals surface area contributed by atoms with E-state index in [0.29, 0.717) is 11.8 Å². The molecule has 2 heteroatoms.